The van der Waals surface area contributed by atoms with E-state index in [2.05, 4.69) is 47.4 Å². The second-order valence-electron chi connectivity index (χ2n) is 32.1. The normalized spacial score (nSPS) is 17.5. The lowest BCUT2D eigenvalue weighted by molar-refractivity contribution is -0.153. The molecule has 0 aliphatic carbocycles. The monoisotopic (exact) mass is 2160 g/mol. The number of nitrogens with one attached hydrogen (secondary N) is 2. The van der Waals surface area contributed by atoms with Crippen molar-refractivity contribution in [3.63, 3.8) is 0 Å². The van der Waals surface area contributed by atoms with Crippen LogP contribution < -0.4 is 45.8 Å². The van der Waals surface area contributed by atoms with Crippen molar-refractivity contribution in [3.8, 4) is 6.07 Å². The Kier molecular flexibility index (Phi) is 34.6. The number of urea groups is 4. The number of halogens is 15. The molecule has 722 valence electrons. The highest BCUT2D eigenvalue weighted by Gasteiger charge is 2.72. The zero-order chi connectivity index (χ0) is 101. The lowest BCUT2D eigenvalue weighted by Gasteiger charge is -2.51. The number of alkyl halides is 4. The van der Waals surface area contributed by atoms with Crippen molar-refractivity contribution >= 4 is 237 Å². The Balaban J connectivity index is 0.000000144. The summed E-state index contributed by atoms with van der Waals surface area (Å²) in [6, 6.07) is 79.5. The maximum Gasteiger partial charge on any atom is 0.347 e. The van der Waals surface area contributed by atoms with E-state index >= 15 is 0 Å². The highest BCUT2D eigenvalue weighted by atomic mass is 79.9. The molecule has 8 saturated heterocycles. The van der Waals surface area contributed by atoms with Crippen molar-refractivity contribution in [1.29, 1.82) is 5.26 Å². The van der Waals surface area contributed by atoms with Gasteiger partial charge < -0.3 is 45.2 Å². The summed E-state index contributed by atoms with van der Waals surface area (Å²) in [6.07, 6.45) is 1.44. The van der Waals surface area contributed by atoms with Crippen molar-refractivity contribution in [2.75, 3.05) is 112 Å². The fraction of sp³-hybridized carbons (Fsp3) is 0.190. The van der Waals surface area contributed by atoms with E-state index in [1.807, 2.05) is 12.1 Å². The molecule has 3 spiro atoms. The molecule has 0 bridgehead atoms. The summed E-state index contributed by atoms with van der Waals surface area (Å²) in [5.74, 6) is -5.71. The fourth-order valence-electron chi connectivity index (χ4n) is 14.8. The van der Waals surface area contributed by atoms with E-state index < -0.39 is 57.8 Å². The van der Waals surface area contributed by atoms with Crippen LogP contribution in [0.25, 0.3) is 0 Å². The number of amidine groups is 1. The predicted octanol–water partition coefficient (Wildman–Crippen LogP) is 25.8. The van der Waals surface area contributed by atoms with Crippen LogP contribution in [0, 0.1) is 11.3 Å². The Hall–Kier alpha value is -11.7. The zero-order valence-electron chi connectivity index (χ0n) is 73.4. The van der Waals surface area contributed by atoms with Gasteiger partial charge in [-0.05, 0) is 261 Å². The molecule has 8 fully saturated rings. The number of ether oxygens (including phenoxy) is 5. The van der Waals surface area contributed by atoms with Crippen LogP contribution in [0.2, 0.25) is 50.2 Å². The van der Waals surface area contributed by atoms with Gasteiger partial charge in [0.15, 0.2) is 28.2 Å². The molecule has 1 unspecified atom stereocenters. The minimum atomic E-state index is -3.14. The molecule has 12 aromatic rings. The second kappa shape index (κ2) is 45.9. The topological polar surface area (TPSA) is 304 Å². The molecule has 20 rings (SSSR count). The Morgan fingerprint density at radius 1 is 0.436 bits per heavy atom. The molecule has 12 aromatic carbocycles. The number of hydrogen-bond donors (Lipinski definition) is 4. The highest BCUT2D eigenvalue weighted by Crippen LogP contribution is 2.55. The molecule has 8 aliphatic heterocycles. The van der Waals surface area contributed by atoms with Crippen LogP contribution in [0.15, 0.2) is 306 Å². The number of nitriles is 1. The van der Waals surface area contributed by atoms with Gasteiger partial charge >= 0.3 is 24.1 Å². The number of imide groups is 1. The van der Waals surface area contributed by atoms with Crippen LogP contribution in [0.1, 0.15) is 30.5 Å². The average Bonchev–Trinajstić information content (AvgIpc) is 1.51. The molecule has 140 heavy (non-hydrogen) atoms. The van der Waals surface area contributed by atoms with Crippen LogP contribution in [-0.2, 0) is 55.6 Å². The number of hydrogen-bond acceptors (Lipinski definition) is 17. The minimum absolute atomic E-state index is 0.00526. The summed E-state index contributed by atoms with van der Waals surface area (Å²) in [5, 5.41) is 32.9. The standard InChI is InChI=1S/C25H20Cl2F2N2O3.C24H17Cl3N4O3.C17H12Cl2N2O3.C10H9ClN2O.C8H7BrF2.C7H4ClNO.C6H6ClN.C3H4O2/c1-23(28,29)16-3-2-4-17(13-16)25(33)24(14-34-15-24)30(20-9-5-18(26)6-10-20)22(32)31(25)21-11-7-19(27)8-12-21;25-15-1-7-18(8-2-15)28-22(32)29-21-24(13-34-14-24)31(20-11-5-17(27)6-12-20)23(33)30(21)19-9-3-16(26)4-10-19;18-11-1-5-13(6-2-11)20-15(22)17(9-24-10-17)21(16(20)23)14-7-3-12(19)4-8-14;11-8-1-3-9(4-2-8)13-10(5-12)6-14-7-10;1-8(10,11)6-3-2-4-7(9)5-6;8-6-1-3-7(4-2-6)9-5-10;7-5-1-3-6(8)4-2-5;4-3-1-5-2-3/h2-13,33H,14-15H2,1H3;1-12H,13-14H2,(H,28,32);1-8H,9-10H2;1-4,13H,6-7H2;2-5H,1H3;1-4H;1-4H,8H2;1-2H2. The van der Waals surface area contributed by atoms with Crippen LogP contribution in [0.5, 0.6) is 0 Å². The first-order valence-electron chi connectivity index (χ1n) is 41.9. The van der Waals surface area contributed by atoms with Crippen LogP contribution >= 0.6 is 132 Å². The molecule has 8 heterocycles. The average molecular weight is 2170 g/mol. The van der Waals surface area contributed by atoms with Gasteiger partial charge in [0, 0.05) is 125 Å². The third-order valence-corrected chi connectivity index (χ3v) is 25.1. The van der Waals surface area contributed by atoms with Gasteiger partial charge in [-0.1, -0.05) is 162 Å². The number of Topliss-reactive ketones (excluding diaryl/α,β-unsaturated/α-hetero) is 1. The number of aliphatic imine (C=N–C) groups is 2. The number of anilines is 9. The van der Waals surface area contributed by atoms with E-state index in [0.29, 0.717) is 122 Å². The molecule has 8 aliphatic rings. The number of ketones is 1. The Morgan fingerprint density at radius 3 is 1.14 bits per heavy atom. The van der Waals surface area contributed by atoms with Gasteiger partial charge in [0.05, 0.1) is 76.0 Å². The number of nitrogens with zero attached hydrogens (tertiary/aromatic N) is 9. The van der Waals surface area contributed by atoms with Crippen LogP contribution in [-0.4, -0.2) is 141 Å². The maximum atomic E-state index is 14.2. The number of isocyanates is 1. The SMILES string of the molecule is CC(F)(F)c1cccc(Br)c1.CC(F)(F)c1cccc(C2(O)N(c3ccc(Cl)cc3)C(=O)N(c3ccc(Cl)cc3)C23COC3)c1.N#CC1(Nc2ccc(Cl)cc2)COC1.Nc1ccc(Cl)cc1.O=C(N=C1N(c2ccc(Cl)cc2)C(=O)N(c2ccc(Cl)cc2)C12COC2)Nc1ccc(Cl)cc1.O=C1COC1.O=C1N(c2ccc(Cl)cc2)C(=O)C2(COC2)N1c1ccc(Cl)cc1.O=C=Nc1ccc(Cl)cc1. The van der Waals surface area contributed by atoms with Crippen molar-refractivity contribution < 1.29 is 79.9 Å². The van der Waals surface area contributed by atoms with Gasteiger partial charge in [-0.25, -0.2) is 51.3 Å². The van der Waals surface area contributed by atoms with E-state index in [-0.39, 0.29) is 79.9 Å². The van der Waals surface area contributed by atoms with E-state index in [4.69, 9.17) is 146 Å². The van der Waals surface area contributed by atoms with Gasteiger partial charge in [-0.3, -0.25) is 29.2 Å². The Labute approximate surface area is 859 Å². The smallest absolute Gasteiger partial charge is 0.347 e. The van der Waals surface area contributed by atoms with Gasteiger partial charge in [-0.15, -0.1) is 0 Å². The van der Waals surface area contributed by atoms with Gasteiger partial charge in [0.1, 0.15) is 18.8 Å². The molecule has 9 amide bonds. The van der Waals surface area contributed by atoms with Gasteiger partial charge in [0.2, 0.25) is 11.8 Å². The van der Waals surface area contributed by atoms with Crippen molar-refractivity contribution in [2.24, 2.45) is 9.98 Å². The van der Waals surface area contributed by atoms with Crippen LogP contribution in [0.4, 0.5) is 93.6 Å². The van der Waals surface area contributed by atoms with Crippen molar-refractivity contribution in [3.05, 3.63) is 363 Å². The lowest BCUT2D eigenvalue weighted by atomic mass is 9.78. The first-order chi connectivity index (χ1) is 66.7. The van der Waals surface area contributed by atoms with E-state index in [1.165, 1.54) is 67.0 Å². The van der Waals surface area contributed by atoms with Gasteiger partial charge in [0.25, 0.3) is 17.8 Å². The number of nitrogens with two attached hydrogens (primary N) is 1. The largest absolute Gasteiger partial charge is 0.399 e. The van der Waals surface area contributed by atoms with E-state index in [9.17, 15) is 56.2 Å². The molecule has 0 aromatic heterocycles. The summed E-state index contributed by atoms with van der Waals surface area (Å²) in [5.41, 5.74) is 5.26. The summed E-state index contributed by atoms with van der Waals surface area (Å²) < 4.78 is 80.2. The fourth-order valence-corrected chi connectivity index (χ4v) is 16.5. The third kappa shape index (κ3) is 24.5. The molecule has 0 saturated carbocycles. The molecule has 40 heteroatoms. The molecule has 25 nitrogen and oxygen atoms in total. The Morgan fingerprint density at radius 2 is 0.786 bits per heavy atom. The maximum absolute atomic E-state index is 14.2. The second-order valence-corrected chi connectivity index (χ2v) is 37.4. The predicted molar refractivity (Wildman–Crippen MR) is 542 cm³/mol. The summed E-state index contributed by atoms with van der Waals surface area (Å²) in [7, 11) is 0. The molecule has 1 atom stereocenters. The first kappa shape index (κ1) is 106. The van der Waals surface area contributed by atoms with Crippen molar-refractivity contribution in [2.45, 2.75) is 53.6 Å². The Bertz CT molecular complexity index is 6550. The lowest BCUT2D eigenvalue weighted by Crippen LogP contribution is -2.70. The molecule has 5 N–H and O–H groups in total. The number of aliphatic hydroxyl groups is 1. The number of carbonyl (C=O) groups is 6. The van der Waals surface area contributed by atoms with Crippen LogP contribution in [0.3, 0.4) is 0 Å². The molecule has 0 radical (unpaired) electrons. The number of carbonyl (C=O) groups excluding carboxylic acids is 7. The van der Waals surface area contributed by atoms with E-state index in [0.717, 1.165) is 30.2 Å². The number of benzene rings is 12. The molecular weight excluding hydrogens is 2090 g/mol. The zero-order valence-corrected chi connectivity index (χ0v) is 82.5. The summed E-state index contributed by atoms with van der Waals surface area (Å²) in [4.78, 5) is 102. The third-order valence-electron chi connectivity index (χ3n) is 22.1. The van der Waals surface area contributed by atoms with E-state index in [1.54, 1.807) is 248 Å². The quantitative estimate of drug-likeness (QED) is 0.0274. The number of nitrogen functional groups attached to an aromatic ring is 1. The highest BCUT2D eigenvalue weighted by molar-refractivity contribution is 9.10. The van der Waals surface area contributed by atoms with Crippen molar-refractivity contribution in [1.82, 2.24) is 0 Å². The minimum Gasteiger partial charge on any atom is -0.399 e. The molecular formula is C100H79BrCl10F4N12O13. The van der Waals surface area contributed by atoms with Gasteiger partial charge in [-0.2, -0.15) is 15.2 Å². The summed E-state index contributed by atoms with van der Waals surface area (Å²) >= 11 is 62.0. The number of rotatable bonds is 13. The number of amides is 9. The summed E-state index contributed by atoms with van der Waals surface area (Å²) in [6.45, 7) is 3.93. The first-order valence-corrected chi connectivity index (χ1v) is 46.5.